The average Bonchev–Trinajstić information content (AvgIpc) is 2.56. The molecule has 0 saturated heterocycles. The van der Waals surface area contributed by atoms with Crippen molar-refractivity contribution in [3.8, 4) is 5.75 Å². The molecule has 2 rings (SSSR count). The molecule has 5 nitrogen and oxygen atoms in total. The van der Waals surface area contributed by atoms with Gasteiger partial charge in [-0.25, -0.2) is 4.79 Å². The summed E-state index contributed by atoms with van der Waals surface area (Å²) in [5.74, 6) is 0.380. The molecule has 22 heavy (non-hydrogen) atoms. The van der Waals surface area contributed by atoms with Crippen molar-refractivity contribution in [3.63, 3.8) is 0 Å². The van der Waals surface area contributed by atoms with E-state index >= 15 is 0 Å². The van der Waals surface area contributed by atoms with Gasteiger partial charge < -0.3 is 10.1 Å². The second-order valence-corrected chi connectivity index (χ2v) is 4.67. The van der Waals surface area contributed by atoms with Crippen LogP contribution >= 0.6 is 0 Å². The van der Waals surface area contributed by atoms with Crippen LogP contribution in [-0.4, -0.2) is 25.6 Å². The molecule has 0 spiro atoms. The number of amides is 3. The Hall–Kier alpha value is -2.82. The Kier molecular flexibility index (Phi) is 5.54. The highest BCUT2D eigenvalue weighted by Crippen LogP contribution is 2.11. The first-order chi connectivity index (χ1) is 10.7. The molecule has 0 aliphatic rings. The van der Waals surface area contributed by atoms with Crippen molar-refractivity contribution in [2.75, 3.05) is 13.7 Å². The van der Waals surface area contributed by atoms with Gasteiger partial charge in [0, 0.05) is 12.1 Å². The fraction of sp³-hybridized carbons (Fsp3) is 0.176. The molecule has 0 aliphatic heterocycles. The molecule has 0 heterocycles. The molecule has 0 fully saturated rings. The van der Waals surface area contributed by atoms with Crippen LogP contribution in [0.4, 0.5) is 4.79 Å². The molecule has 0 radical (unpaired) electrons. The second-order valence-electron chi connectivity index (χ2n) is 4.67. The van der Waals surface area contributed by atoms with Crippen LogP contribution in [0, 0.1) is 0 Å². The monoisotopic (exact) mass is 298 g/mol. The number of methoxy groups -OCH3 is 1. The van der Waals surface area contributed by atoms with E-state index in [0.717, 1.165) is 11.3 Å². The van der Waals surface area contributed by atoms with Crippen molar-refractivity contribution in [1.82, 2.24) is 10.6 Å². The standard InChI is InChI=1S/C17H18N2O3/c1-22-15-9-7-13(8-10-15)11-12-18-17(21)19-16(20)14-5-3-2-4-6-14/h2-10H,11-12H2,1H3,(H2,18,19,20,21). The van der Waals surface area contributed by atoms with Gasteiger partial charge in [-0.3, -0.25) is 10.1 Å². The molecular weight excluding hydrogens is 280 g/mol. The molecule has 0 aromatic heterocycles. The Morgan fingerprint density at radius 3 is 2.32 bits per heavy atom. The van der Waals surface area contributed by atoms with Crippen LogP contribution in [0.2, 0.25) is 0 Å². The highest BCUT2D eigenvalue weighted by Gasteiger charge is 2.08. The summed E-state index contributed by atoms with van der Waals surface area (Å²) in [4.78, 5) is 23.4. The summed E-state index contributed by atoms with van der Waals surface area (Å²) in [5.41, 5.74) is 1.53. The minimum Gasteiger partial charge on any atom is -0.497 e. The van der Waals surface area contributed by atoms with Gasteiger partial charge in [0.2, 0.25) is 0 Å². The average molecular weight is 298 g/mol. The number of urea groups is 1. The number of hydrogen-bond donors (Lipinski definition) is 2. The van der Waals surface area contributed by atoms with E-state index in [1.54, 1.807) is 31.4 Å². The van der Waals surface area contributed by atoms with Crippen LogP contribution in [-0.2, 0) is 6.42 Å². The van der Waals surface area contributed by atoms with Crippen LogP contribution in [0.3, 0.4) is 0 Å². The number of ether oxygens (including phenoxy) is 1. The lowest BCUT2D eigenvalue weighted by Gasteiger charge is -2.07. The number of imide groups is 1. The number of carbonyl (C=O) groups is 2. The first kappa shape index (κ1) is 15.6. The van der Waals surface area contributed by atoms with Crippen LogP contribution in [0.15, 0.2) is 54.6 Å². The first-order valence-electron chi connectivity index (χ1n) is 6.96. The summed E-state index contributed by atoms with van der Waals surface area (Å²) < 4.78 is 5.08. The van der Waals surface area contributed by atoms with E-state index in [1.165, 1.54) is 0 Å². The lowest BCUT2D eigenvalue weighted by Crippen LogP contribution is -2.40. The lowest BCUT2D eigenvalue weighted by molar-refractivity contribution is 0.0964. The highest BCUT2D eigenvalue weighted by atomic mass is 16.5. The predicted molar refractivity (Wildman–Crippen MR) is 84.0 cm³/mol. The van der Waals surface area contributed by atoms with Crippen LogP contribution < -0.4 is 15.4 Å². The SMILES string of the molecule is COc1ccc(CCNC(=O)NC(=O)c2ccccc2)cc1. The zero-order chi connectivity index (χ0) is 15.8. The third-order valence-electron chi connectivity index (χ3n) is 3.12. The zero-order valence-corrected chi connectivity index (χ0v) is 12.3. The van der Waals surface area contributed by atoms with Gasteiger partial charge >= 0.3 is 6.03 Å². The fourth-order valence-corrected chi connectivity index (χ4v) is 1.92. The van der Waals surface area contributed by atoms with Crippen molar-refractivity contribution in [1.29, 1.82) is 0 Å². The third kappa shape index (κ3) is 4.63. The minimum atomic E-state index is -0.498. The Bertz CT molecular complexity index is 624. The summed E-state index contributed by atoms with van der Waals surface area (Å²) in [6, 6.07) is 15.7. The number of carbonyl (C=O) groups excluding carboxylic acids is 2. The Labute approximate surface area is 129 Å². The summed E-state index contributed by atoms with van der Waals surface area (Å²) >= 11 is 0. The minimum absolute atomic E-state index is 0.414. The van der Waals surface area contributed by atoms with Crippen molar-refractivity contribution in [2.45, 2.75) is 6.42 Å². The normalized spacial score (nSPS) is 9.86. The molecule has 0 atom stereocenters. The van der Waals surface area contributed by atoms with Crippen LogP contribution in [0.25, 0.3) is 0 Å². The Morgan fingerprint density at radius 1 is 1.00 bits per heavy atom. The van der Waals surface area contributed by atoms with Gasteiger partial charge in [-0.1, -0.05) is 30.3 Å². The van der Waals surface area contributed by atoms with Crippen molar-refractivity contribution in [2.24, 2.45) is 0 Å². The summed E-state index contributed by atoms with van der Waals surface area (Å²) in [5, 5.41) is 4.95. The zero-order valence-electron chi connectivity index (χ0n) is 12.3. The van der Waals surface area contributed by atoms with E-state index in [0.29, 0.717) is 18.5 Å². The van der Waals surface area contributed by atoms with E-state index in [2.05, 4.69) is 10.6 Å². The van der Waals surface area contributed by atoms with Crippen LogP contribution in [0.5, 0.6) is 5.75 Å². The number of rotatable bonds is 5. The van der Waals surface area contributed by atoms with E-state index < -0.39 is 11.9 Å². The molecule has 0 aliphatic carbocycles. The molecule has 5 heteroatoms. The van der Waals surface area contributed by atoms with Gasteiger partial charge in [-0.15, -0.1) is 0 Å². The number of nitrogens with one attached hydrogen (secondary N) is 2. The molecule has 3 amide bonds. The molecule has 114 valence electrons. The molecular formula is C17H18N2O3. The topological polar surface area (TPSA) is 67.4 Å². The van der Waals surface area contributed by atoms with Crippen molar-refractivity contribution in [3.05, 3.63) is 65.7 Å². The van der Waals surface area contributed by atoms with Crippen molar-refractivity contribution >= 4 is 11.9 Å². The largest absolute Gasteiger partial charge is 0.497 e. The van der Waals surface area contributed by atoms with E-state index in [1.807, 2.05) is 30.3 Å². The van der Waals surface area contributed by atoms with Gasteiger partial charge in [-0.05, 0) is 36.2 Å². The lowest BCUT2D eigenvalue weighted by atomic mass is 10.1. The second kappa shape index (κ2) is 7.83. The maximum absolute atomic E-state index is 11.8. The van der Waals surface area contributed by atoms with E-state index in [4.69, 9.17) is 4.74 Å². The van der Waals surface area contributed by atoms with Crippen LogP contribution in [0.1, 0.15) is 15.9 Å². The molecule has 2 aromatic carbocycles. The smallest absolute Gasteiger partial charge is 0.321 e. The molecule has 0 saturated carbocycles. The predicted octanol–water partition coefficient (Wildman–Crippen LogP) is 2.38. The maximum Gasteiger partial charge on any atom is 0.321 e. The molecule has 0 unspecified atom stereocenters. The molecule has 0 bridgehead atoms. The summed E-state index contributed by atoms with van der Waals surface area (Å²) in [7, 11) is 1.62. The highest BCUT2D eigenvalue weighted by molar-refractivity contribution is 6.04. The Balaban J connectivity index is 1.74. The van der Waals surface area contributed by atoms with Gasteiger partial charge in [0.05, 0.1) is 7.11 Å². The molecule has 2 N–H and O–H groups in total. The number of benzene rings is 2. The van der Waals surface area contributed by atoms with Gasteiger partial charge in [0.1, 0.15) is 5.75 Å². The summed E-state index contributed by atoms with van der Waals surface area (Å²) in [6.07, 6.45) is 0.678. The van der Waals surface area contributed by atoms with E-state index in [9.17, 15) is 9.59 Å². The van der Waals surface area contributed by atoms with E-state index in [-0.39, 0.29) is 0 Å². The maximum atomic E-state index is 11.8. The first-order valence-corrected chi connectivity index (χ1v) is 6.96. The third-order valence-corrected chi connectivity index (χ3v) is 3.12. The number of hydrogen-bond acceptors (Lipinski definition) is 3. The van der Waals surface area contributed by atoms with Gasteiger partial charge in [0.25, 0.3) is 5.91 Å². The van der Waals surface area contributed by atoms with Crippen molar-refractivity contribution < 1.29 is 14.3 Å². The fourth-order valence-electron chi connectivity index (χ4n) is 1.92. The summed E-state index contributed by atoms with van der Waals surface area (Å²) in [6.45, 7) is 0.445. The molecule has 2 aromatic rings. The van der Waals surface area contributed by atoms with Gasteiger partial charge in [0.15, 0.2) is 0 Å². The quantitative estimate of drug-likeness (QED) is 0.890. The van der Waals surface area contributed by atoms with Gasteiger partial charge in [-0.2, -0.15) is 0 Å². The Morgan fingerprint density at radius 2 is 1.68 bits per heavy atom.